The van der Waals surface area contributed by atoms with Gasteiger partial charge in [-0.1, -0.05) is 36.8 Å². The van der Waals surface area contributed by atoms with Crippen molar-refractivity contribution in [1.29, 1.82) is 0 Å². The molecule has 4 aliphatic rings. The van der Waals surface area contributed by atoms with Gasteiger partial charge in [0.25, 0.3) is 0 Å². The molecule has 0 bridgehead atoms. The van der Waals surface area contributed by atoms with Crippen LogP contribution in [0.5, 0.6) is 0 Å². The molecule has 0 aliphatic heterocycles. The van der Waals surface area contributed by atoms with Crippen molar-refractivity contribution in [2.24, 2.45) is 17.3 Å². The third kappa shape index (κ3) is 4.00. The molecule has 5 rings (SSSR count). The van der Waals surface area contributed by atoms with Crippen LogP contribution in [0, 0.1) is 17.3 Å². The minimum absolute atomic E-state index is 0.126. The summed E-state index contributed by atoms with van der Waals surface area (Å²) in [7, 11) is 8.60. The fourth-order valence-electron chi connectivity index (χ4n) is 8.59. The van der Waals surface area contributed by atoms with E-state index in [1.807, 2.05) is 7.11 Å². The van der Waals surface area contributed by atoms with E-state index in [0.717, 1.165) is 44.1 Å². The smallest absolute Gasteiger partial charge is 0.183 e. The standard InChI is InChI=1S/C30H44O6/c1-28-17-22(19-7-9-20(10-8-19)27(33-3)34-4)26-21(23(28)11-12-25(28)32-2)13-15-29(31)18-30(35-5,36-6)16-14-24(26)29/h7-10,21-23,25,27,31H,11-18H2,1-6H3/t21-,22+,23-,25-,28-,29+/m0/s1. The van der Waals surface area contributed by atoms with E-state index in [0.29, 0.717) is 18.3 Å². The van der Waals surface area contributed by atoms with E-state index >= 15 is 0 Å². The number of fused-ring (bicyclic) bond motifs is 4. The zero-order valence-corrected chi connectivity index (χ0v) is 22.8. The van der Waals surface area contributed by atoms with Crippen LogP contribution in [0.1, 0.15) is 81.6 Å². The molecule has 0 saturated heterocycles. The van der Waals surface area contributed by atoms with Gasteiger partial charge in [0.15, 0.2) is 12.1 Å². The van der Waals surface area contributed by atoms with Crippen molar-refractivity contribution in [2.45, 2.75) is 88.0 Å². The first-order valence-corrected chi connectivity index (χ1v) is 13.5. The quantitative estimate of drug-likeness (QED) is 0.394. The fourth-order valence-corrected chi connectivity index (χ4v) is 8.59. The molecular weight excluding hydrogens is 456 g/mol. The summed E-state index contributed by atoms with van der Waals surface area (Å²) in [5, 5.41) is 12.1. The second kappa shape index (κ2) is 9.79. The molecule has 1 N–H and O–H groups in total. The number of methoxy groups -OCH3 is 5. The highest BCUT2D eigenvalue weighted by Gasteiger charge is 2.60. The maximum atomic E-state index is 12.1. The summed E-state index contributed by atoms with van der Waals surface area (Å²) < 4.78 is 28.7. The molecule has 3 saturated carbocycles. The first-order valence-electron chi connectivity index (χ1n) is 13.5. The van der Waals surface area contributed by atoms with Gasteiger partial charge in [0, 0.05) is 59.9 Å². The lowest BCUT2D eigenvalue weighted by molar-refractivity contribution is -0.246. The van der Waals surface area contributed by atoms with E-state index in [1.165, 1.54) is 23.1 Å². The van der Waals surface area contributed by atoms with Crippen LogP contribution >= 0.6 is 0 Å². The maximum absolute atomic E-state index is 12.1. The number of benzene rings is 1. The second-order valence-corrected chi connectivity index (χ2v) is 11.7. The van der Waals surface area contributed by atoms with Crippen LogP contribution in [0.2, 0.25) is 0 Å². The van der Waals surface area contributed by atoms with Crippen LogP contribution in [0.25, 0.3) is 0 Å². The van der Waals surface area contributed by atoms with Gasteiger partial charge in [-0.25, -0.2) is 0 Å². The number of hydrogen-bond donors (Lipinski definition) is 1. The molecular formula is C30H44O6. The summed E-state index contributed by atoms with van der Waals surface area (Å²) in [4.78, 5) is 0. The molecule has 6 nitrogen and oxygen atoms in total. The Kier molecular flexibility index (Phi) is 7.16. The zero-order chi connectivity index (χ0) is 25.7. The van der Waals surface area contributed by atoms with Gasteiger partial charge >= 0.3 is 0 Å². The third-order valence-electron chi connectivity index (χ3n) is 10.4. The summed E-state index contributed by atoms with van der Waals surface area (Å²) in [5.41, 5.74) is 4.31. The molecule has 0 unspecified atom stereocenters. The Morgan fingerprint density at radius 1 is 0.917 bits per heavy atom. The van der Waals surface area contributed by atoms with Gasteiger partial charge in [0.2, 0.25) is 0 Å². The molecule has 0 spiro atoms. The van der Waals surface area contributed by atoms with Gasteiger partial charge < -0.3 is 28.8 Å². The maximum Gasteiger partial charge on any atom is 0.183 e. The van der Waals surface area contributed by atoms with E-state index in [9.17, 15) is 5.11 Å². The summed E-state index contributed by atoms with van der Waals surface area (Å²) in [6, 6.07) is 8.73. The minimum atomic E-state index is -0.876. The third-order valence-corrected chi connectivity index (χ3v) is 10.4. The average Bonchev–Trinajstić information content (AvgIpc) is 3.24. The Morgan fingerprint density at radius 2 is 1.61 bits per heavy atom. The first-order chi connectivity index (χ1) is 17.3. The monoisotopic (exact) mass is 500 g/mol. The summed E-state index contributed by atoms with van der Waals surface area (Å²) >= 11 is 0. The molecule has 0 amide bonds. The van der Waals surface area contributed by atoms with Crippen LogP contribution < -0.4 is 0 Å². The van der Waals surface area contributed by atoms with Gasteiger partial charge in [0.05, 0.1) is 11.7 Å². The summed E-state index contributed by atoms with van der Waals surface area (Å²) in [6.45, 7) is 2.45. The Hall–Kier alpha value is -1.28. The van der Waals surface area contributed by atoms with Crippen molar-refractivity contribution in [3.8, 4) is 0 Å². The Labute approximate surface area is 216 Å². The van der Waals surface area contributed by atoms with Crippen molar-refractivity contribution in [3.63, 3.8) is 0 Å². The van der Waals surface area contributed by atoms with E-state index in [2.05, 4.69) is 31.2 Å². The Balaban J connectivity index is 1.60. The van der Waals surface area contributed by atoms with Gasteiger partial charge in [-0.3, -0.25) is 0 Å². The lowest BCUT2D eigenvalue weighted by Crippen LogP contribution is -2.54. The molecule has 6 atom stereocenters. The first kappa shape index (κ1) is 26.3. The van der Waals surface area contributed by atoms with Crippen molar-refractivity contribution in [2.75, 3.05) is 35.5 Å². The van der Waals surface area contributed by atoms with Crippen LogP contribution in [-0.4, -0.2) is 58.1 Å². The molecule has 1 aromatic carbocycles. The SMILES string of the molecule is COC(OC)c1ccc([C@H]2C[C@]3(C)[C@@H](OC)CC[C@H]3[C@@H]3CC[C@@]4(O)CC(OC)(OC)CCC4=C32)cc1. The lowest BCUT2D eigenvalue weighted by atomic mass is 9.51. The van der Waals surface area contributed by atoms with Gasteiger partial charge in [-0.05, 0) is 66.9 Å². The van der Waals surface area contributed by atoms with Crippen molar-refractivity contribution in [3.05, 3.63) is 46.5 Å². The highest BCUT2D eigenvalue weighted by atomic mass is 16.7. The van der Waals surface area contributed by atoms with E-state index in [-0.39, 0.29) is 23.7 Å². The predicted molar refractivity (Wildman–Crippen MR) is 137 cm³/mol. The topological polar surface area (TPSA) is 66.4 Å². The molecule has 0 heterocycles. The largest absolute Gasteiger partial charge is 0.385 e. The van der Waals surface area contributed by atoms with Crippen LogP contribution in [0.3, 0.4) is 0 Å². The average molecular weight is 501 g/mol. The molecule has 4 aliphatic carbocycles. The molecule has 0 radical (unpaired) electrons. The summed E-state index contributed by atoms with van der Waals surface area (Å²) in [5.74, 6) is 0.611. The van der Waals surface area contributed by atoms with E-state index in [4.69, 9.17) is 23.7 Å². The fraction of sp³-hybridized carbons (Fsp3) is 0.733. The van der Waals surface area contributed by atoms with Crippen molar-refractivity contribution >= 4 is 0 Å². The number of ether oxygens (including phenoxy) is 5. The highest BCUT2D eigenvalue weighted by molar-refractivity contribution is 5.44. The Bertz CT molecular complexity index is 964. The van der Waals surface area contributed by atoms with Crippen LogP contribution in [0.4, 0.5) is 0 Å². The number of aliphatic hydroxyl groups is 1. The Morgan fingerprint density at radius 3 is 2.22 bits per heavy atom. The molecule has 0 aromatic heterocycles. The van der Waals surface area contributed by atoms with Crippen LogP contribution in [-0.2, 0) is 23.7 Å². The highest BCUT2D eigenvalue weighted by Crippen LogP contribution is 2.65. The lowest BCUT2D eigenvalue weighted by Gasteiger charge is -2.56. The predicted octanol–water partition coefficient (Wildman–Crippen LogP) is 5.51. The molecule has 3 fully saturated rings. The van der Waals surface area contributed by atoms with Gasteiger partial charge in [-0.2, -0.15) is 0 Å². The van der Waals surface area contributed by atoms with Crippen molar-refractivity contribution < 1.29 is 28.8 Å². The van der Waals surface area contributed by atoms with Crippen molar-refractivity contribution in [1.82, 2.24) is 0 Å². The molecule has 36 heavy (non-hydrogen) atoms. The number of allylic oxidation sites excluding steroid dienone is 1. The van der Waals surface area contributed by atoms with Crippen LogP contribution in [0.15, 0.2) is 35.4 Å². The minimum Gasteiger partial charge on any atom is -0.385 e. The normalized spacial score (nSPS) is 37.6. The van der Waals surface area contributed by atoms with E-state index in [1.54, 1.807) is 28.4 Å². The summed E-state index contributed by atoms with van der Waals surface area (Å²) in [6.07, 6.45) is 7.11. The zero-order valence-electron chi connectivity index (χ0n) is 22.8. The molecule has 6 heteroatoms. The van der Waals surface area contributed by atoms with E-state index < -0.39 is 11.4 Å². The second-order valence-electron chi connectivity index (χ2n) is 11.7. The molecule has 1 aromatic rings. The van der Waals surface area contributed by atoms with Gasteiger partial charge in [0.1, 0.15) is 0 Å². The molecule has 200 valence electrons. The number of hydrogen-bond acceptors (Lipinski definition) is 6. The van der Waals surface area contributed by atoms with Gasteiger partial charge in [-0.15, -0.1) is 0 Å². The number of rotatable bonds is 7.